The Hall–Kier alpha value is -1.25. The van der Waals surface area contributed by atoms with E-state index in [0.29, 0.717) is 12.0 Å². The molecule has 1 aromatic heterocycles. The second-order valence-electron chi connectivity index (χ2n) is 4.29. The normalized spacial score (nSPS) is 11.3. The van der Waals surface area contributed by atoms with Crippen molar-refractivity contribution >= 4 is 5.78 Å². The van der Waals surface area contributed by atoms with E-state index < -0.39 is 0 Å². The van der Waals surface area contributed by atoms with Gasteiger partial charge in [-0.25, -0.2) is 9.97 Å². The molecule has 0 atom stereocenters. The zero-order valence-corrected chi connectivity index (χ0v) is 8.24. The molecule has 0 spiro atoms. The Morgan fingerprint density at radius 1 is 1.31 bits per heavy atom. The van der Waals surface area contributed by atoms with E-state index in [4.69, 9.17) is 0 Å². The van der Waals surface area contributed by atoms with E-state index in [-0.39, 0.29) is 11.2 Å². The quantitative estimate of drug-likeness (QED) is 0.651. The minimum absolute atomic E-state index is 0.0208. The van der Waals surface area contributed by atoms with Gasteiger partial charge in [0.15, 0.2) is 5.78 Å². The Kier molecular flexibility index (Phi) is 2.76. The summed E-state index contributed by atoms with van der Waals surface area (Å²) >= 11 is 0. The first-order chi connectivity index (χ1) is 5.99. The van der Waals surface area contributed by atoms with E-state index in [2.05, 4.69) is 9.97 Å². The predicted octanol–water partition coefficient (Wildman–Crippen LogP) is 2.10. The van der Waals surface area contributed by atoms with Crippen LogP contribution in [-0.2, 0) is 0 Å². The van der Waals surface area contributed by atoms with Crippen LogP contribution in [-0.4, -0.2) is 15.8 Å². The molecule has 3 nitrogen and oxygen atoms in total. The fourth-order valence-corrected chi connectivity index (χ4v) is 1.03. The Balaban J connectivity index is 2.71. The molecule has 1 aromatic rings. The van der Waals surface area contributed by atoms with Crippen LogP contribution in [0.15, 0.2) is 18.7 Å². The maximum atomic E-state index is 11.6. The summed E-state index contributed by atoms with van der Waals surface area (Å²) in [6.45, 7) is 6.11. The average Bonchev–Trinajstić information content (AvgIpc) is 2.03. The Bertz CT molecular complexity index is 288. The first kappa shape index (κ1) is 9.84. The van der Waals surface area contributed by atoms with Crippen LogP contribution in [0.5, 0.6) is 0 Å². The lowest BCUT2D eigenvalue weighted by molar-refractivity contribution is 0.0939. The minimum atomic E-state index is 0.0208. The smallest absolute Gasteiger partial charge is 0.166 e. The fourth-order valence-electron chi connectivity index (χ4n) is 1.03. The van der Waals surface area contributed by atoms with Gasteiger partial charge in [-0.3, -0.25) is 4.79 Å². The lowest BCUT2D eigenvalue weighted by Gasteiger charge is -2.16. The predicted molar refractivity (Wildman–Crippen MR) is 50.4 cm³/mol. The molecule has 0 radical (unpaired) electrons. The number of aromatic nitrogens is 2. The molecule has 3 heteroatoms. The Morgan fingerprint density at radius 3 is 2.31 bits per heavy atom. The molecule has 0 saturated carbocycles. The van der Waals surface area contributed by atoms with Crippen molar-refractivity contribution < 1.29 is 4.79 Å². The summed E-state index contributed by atoms with van der Waals surface area (Å²) in [6.07, 6.45) is 5.07. The summed E-state index contributed by atoms with van der Waals surface area (Å²) in [4.78, 5) is 19.2. The molecular formula is C10H14N2O. The van der Waals surface area contributed by atoms with Crippen LogP contribution in [0.25, 0.3) is 0 Å². The van der Waals surface area contributed by atoms with Gasteiger partial charge in [0.25, 0.3) is 0 Å². The number of rotatable bonds is 2. The molecule has 0 saturated heterocycles. The molecular weight excluding hydrogens is 164 g/mol. The zero-order valence-electron chi connectivity index (χ0n) is 8.24. The first-order valence-electron chi connectivity index (χ1n) is 4.27. The van der Waals surface area contributed by atoms with Crippen molar-refractivity contribution in [2.45, 2.75) is 27.2 Å². The van der Waals surface area contributed by atoms with Gasteiger partial charge in [0, 0.05) is 18.8 Å². The highest BCUT2D eigenvalue weighted by atomic mass is 16.1. The molecule has 0 aliphatic heterocycles. The highest BCUT2D eigenvalue weighted by Gasteiger charge is 2.17. The van der Waals surface area contributed by atoms with Gasteiger partial charge in [0.2, 0.25) is 0 Å². The van der Waals surface area contributed by atoms with Crippen LogP contribution >= 0.6 is 0 Å². The van der Waals surface area contributed by atoms with Gasteiger partial charge >= 0.3 is 0 Å². The summed E-state index contributed by atoms with van der Waals surface area (Å²) in [7, 11) is 0. The second kappa shape index (κ2) is 3.64. The molecule has 0 amide bonds. The Labute approximate surface area is 78.2 Å². The standard InChI is InChI=1S/C10H14N2O/c1-10(2,3)4-9(13)8-5-11-7-12-6-8/h5-7H,4H2,1-3H3. The summed E-state index contributed by atoms with van der Waals surface area (Å²) in [5.41, 5.74) is 0.616. The molecule has 70 valence electrons. The van der Waals surface area contributed by atoms with Crippen LogP contribution < -0.4 is 0 Å². The summed E-state index contributed by atoms with van der Waals surface area (Å²) in [5, 5.41) is 0. The van der Waals surface area contributed by atoms with Crippen LogP contribution in [0, 0.1) is 5.41 Å². The van der Waals surface area contributed by atoms with Crippen molar-refractivity contribution in [3.63, 3.8) is 0 Å². The average molecular weight is 178 g/mol. The second-order valence-corrected chi connectivity index (χ2v) is 4.29. The number of hydrogen-bond donors (Lipinski definition) is 0. The van der Waals surface area contributed by atoms with Crippen molar-refractivity contribution in [1.29, 1.82) is 0 Å². The van der Waals surface area contributed by atoms with E-state index in [1.165, 1.54) is 6.33 Å². The van der Waals surface area contributed by atoms with Gasteiger partial charge in [0.05, 0.1) is 5.56 Å². The van der Waals surface area contributed by atoms with Gasteiger partial charge in [-0.2, -0.15) is 0 Å². The van der Waals surface area contributed by atoms with E-state index in [9.17, 15) is 4.79 Å². The number of Topliss-reactive ketones (excluding diaryl/α,β-unsaturated/α-hetero) is 1. The van der Waals surface area contributed by atoms with E-state index in [0.717, 1.165) is 0 Å². The van der Waals surface area contributed by atoms with Gasteiger partial charge in [-0.05, 0) is 5.41 Å². The molecule has 13 heavy (non-hydrogen) atoms. The van der Waals surface area contributed by atoms with Crippen LogP contribution in [0.4, 0.5) is 0 Å². The van der Waals surface area contributed by atoms with Crippen molar-refractivity contribution in [1.82, 2.24) is 9.97 Å². The van der Waals surface area contributed by atoms with Crippen molar-refractivity contribution in [2.75, 3.05) is 0 Å². The monoisotopic (exact) mass is 178 g/mol. The molecule has 0 unspecified atom stereocenters. The van der Waals surface area contributed by atoms with Crippen molar-refractivity contribution in [3.8, 4) is 0 Å². The molecule has 1 heterocycles. The highest BCUT2D eigenvalue weighted by molar-refractivity contribution is 5.95. The summed E-state index contributed by atoms with van der Waals surface area (Å²) < 4.78 is 0. The minimum Gasteiger partial charge on any atom is -0.294 e. The van der Waals surface area contributed by atoms with Crippen LogP contribution in [0.1, 0.15) is 37.6 Å². The lowest BCUT2D eigenvalue weighted by atomic mass is 9.88. The third-order valence-electron chi connectivity index (χ3n) is 1.57. The first-order valence-corrected chi connectivity index (χ1v) is 4.27. The van der Waals surface area contributed by atoms with Gasteiger partial charge < -0.3 is 0 Å². The number of ketones is 1. The number of hydrogen-bond acceptors (Lipinski definition) is 3. The largest absolute Gasteiger partial charge is 0.294 e. The number of nitrogens with zero attached hydrogens (tertiary/aromatic N) is 2. The number of carbonyl (C=O) groups excluding carboxylic acids is 1. The van der Waals surface area contributed by atoms with Crippen LogP contribution in [0.2, 0.25) is 0 Å². The Morgan fingerprint density at radius 2 is 1.85 bits per heavy atom. The molecule has 0 aliphatic carbocycles. The van der Waals surface area contributed by atoms with Crippen molar-refractivity contribution in [2.24, 2.45) is 5.41 Å². The summed E-state index contributed by atoms with van der Waals surface area (Å²) in [6, 6.07) is 0. The fraction of sp³-hybridized carbons (Fsp3) is 0.500. The summed E-state index contributed by atoms with van der Waals surface area (Å²) in [5.74, 6) is 0.105. The maximum Gasteiger partial charge on any atom is 0.166 e. The lowest BCUT2D eigenvalue weighted by Crippen LogP contribution is -2.13. The van der Waals surface area contributed by atoms with Crippen LogP contribution in [0.3, 0.4) is 0 Å². The van der Waals surface area contributed by atoms with Gasteiger partial charge in [-0.15, -0.1) is 0 Å². The van der Waals surface area contributed by atoms with Gasteiger partial charge in [0.1, 0.15) is 6.33 Å². The maximum absolute atomic E-state index is 11.6. The van der Waals surface area contributed by atoms with Crippen molar-refractivity contribution in [3.05, 3.63) is 24.3 Å². The molecule has 1 rings (SSSR count). The zero-order chi connectivity index (χ0) is 9.90. The molecule has 0 aliphatic rings. The molecule has 0 N–H and O–H groups in total. The molecule has 0 aromatic carbocycles. The van der Waals surface area contributed by atoms with E-state index in [1.54, 1.807) is 12.4 Å². The van der Waals surface area contributed by atoms with Gasteiger partial charge in [-0.1, -0.05) is 20.8 Å². The number of carbonyl (C=O) groups is 1. The van der Waals surface area contributed by atoms with E-state index >= 15 is 0 Å². The SMILES string of the molecule is CC(C)(C)CC(=O)c1cncnc1. The molecule has 0 fully saturated rings. The highest BCUT2D eigenvalue weighted by Crippen LogP contribution is 2.20. The molecule has 0 bridgehead atoms. The topological polar surface area (TPSA) is 42.9 Å². The third kappa shape index (κ3) is 3.32. The third-order valence-corrected chi connectivity index (χ3v) is 1.57. The van der Waals surface area contributed by atoms with E-state index in [1.807, 2.05) is 20.8 Å².